The van der Waals surface area contributed by atoms with Crippen molar-refractivity contribution >= 4 is 5.69 Å². The predicted molar refractivity (Wildman–Crippen MR) is 67.3 cm³/mol. The largest absolute Gasteiger partial charge is 0.355 e. The lowest BCUT2D eigenvalue weighted by atomic mass is 10.1. The minimum absolute atomic E-state index is 0.125. The van der Waals surface area contributed by atoms with Crippen LogP contribution in [0.1, 0.15) is 11.1 Å². The summed E-state index contributed by atoms with van der Waals surface area (Å²) in [5, 5.41) is 13.9. The topological polar surface area (TPSA) is 73.6 Å². The van der Waals surface area contributed by atoms with Crippen LogP contribution < -0.4 is 5.32 Å². The first kappa shape index (κ1) is 14.6. The van der Waals surface area contributed by atoms with Crippen LogP contribution in [0.3, 0.4) is 0 Å². The number of hydrogen-bond donors (Lipinski definition) is 1. The molecule has 0 heterocycles. The smallest absolute Gasteiger partial charge is 0.273 e. The number of ether oxygens (including phenoxy) is 2. The minimum Gasteiger partial charge on any atom is -0.355 e. The van der Waals surface area contributed by atoms with Gasteiger partial charge in [-0.2, -0.15) is 0 Å². The van der Waals surface area contributed by atoms with Gasteiger partial charge in [0, 0.05) is 38.9 Å². The van der Waals surface area contributed by atoms with Gasteiger partial charge in [0.25, 0.3) is 5.69 Å². The molecule has 18 heavy (non-hydrogen) atoms. The van der Waals surface area contributed by atoms with Crippen LogP contribution in [0.5, 0.6) is 0 Å². The fourth-order valence-corrected chi connectivity index (χ4v) is 1.62. The summed E-state index contributed by atoms with van der Waals surface area (Å²) in [5.41, 5.74) is 1.78. The van der Waals surface area contributed by atoms with E-state index in [1.807, 2.05) is 6.92 Å². The lowest BCUT2D eigenvalue weighted by Gasteiger charge is -2.14. The Labute approximate surface area is 106 Å². The molecule has 1 aromatic rings. The van der Waals surface area contributed by atoms with Gasteiger partial charge in [-0.1, -0.05) is 11.6 Å². The van der Waals surface area contributed by atoms with Gasteiger partial charge in [-0.3, -0.25) is 10.1 Å². The summed E-state index contributed by atoms with van der Waals surface area (Å²) in [4.78, 5) is 10.5. The second-order valence-electron chi connectivity index (χ2n) is 3.92. The van der Waals surface area contributed by atoms with Crippen molar-refractivity contribution in [3.8, 4) is 0 Å². The maximum atomic E-state index is 10.9. The van der Waals surface area contributed by atoms with Gasteiger partial charge in [-0.05, 0) is 13.0 Å². The van der Waals surface area contributed by atoms with Crippen molar-refractivity contribution in [1.29, 1.82) is 0 Å². The van der Waals surface area contributed by atoms with Crippen LogP contribution in [0.2, 0.25) is 0 Å². The molecule has 6 heteroatoms. The summed E-state index contributed by atoms with van der Waals surface area (Å²) in [6, 6.07) is 5.06. The summed E-state index contributed by atoms with van der Waals surface area (Å²) >= 11 is 0. The molecule has 0 amide bonds. The van der Waals surface area contributed by atoms with Gasteiger partial charge in [0.05, 0.1) is 4.92 Å². The summed E-state index contributed by atoms with van der Waals surface area (Å²) in [5.74, 6) is 0. The zero-order valence-corrected chi connectivity index (χ0v) is 10.8. The van der Waals surface area contributed by atoms with Crippen LogP contribution in [0.15, 0.2) is 18.2 Å². The molecule has 6 nitrogen and oxygen atoms in total. The Bertz CT molecular complexity index is 405. The number of rotatable bonds is 7. The first-order chi connectivity index (χ1) is 8.58. The fourth-order valence-electron chi connectivity index (χ4n) is 1.62. The number of nitro groups is 1. The molecule has 0 aliphatic rings. The molecule has 1 aromatic carbocycles. The van der Waals surface area contributed by atoms with E-state index in [-0.39, 0.29) is 16.9 Å². The van der Waals surface area contributed by atoms with Crippen LogP contribution in [0.25, 0.3) is 0 Å². The van der Waals surface area contributed by atoms with Gasteiger partial charge in [0.15, 0.2) is 6.29 Å². The van der Waals surface area contributed by atoms with Crippen LogP contribution >= 0.6 is 0 Å². The molecule has 1 rings (SSSR count). The number of nitro benzene ring substituents is 1. The maximum absolute atomic E-state index is 10.9. The normalized spacial score (nSPS) is 10.9. The first-order valence-corrected chi connectivity index (χ1v) is 5.58. The molecular formula is C12H18N2O4. The van der Waals surface area contributed by atoms with Crippen LogP contribution in [-0.4, -0.2) is 32.0 Å². The second-order valence-corrected chi connectivity index (χ2v) is 3.92. The molecule has 0 aliphatic heterocycles. The highest BCUT2D eigenvalue weighted by molar-refractivity contribution is 5.42. The monoisotopic (exact) mass is 254 g/mol. The Kier molecular flexibility index (Phi) is 5.70. The molecule has 0 aliphatic carbocycles. The van der Waals surface area contributed by atoms with Gasteiger partial charge < -0.3 is 14.8 Å². The van der Waals surface area contributed by atoms with Crippen molar-refractivity contribution < 1.29 is 14.4 Å². The zero-order chi connectivity index (χ0) is 13.5. The van der Waals surface area contributed by atoms with Crippen molar-refractivity contribution in [2.75, 3.05) is 20.8 Å². The molecular weight excluding hydrogens is 236 g/mol. The van der Waals surface area contributed by atoms with Crippen molar-refractivity contribution in [3.63, 3.8) is 0 Å². The SMILES string of the molecule is COC(CNCc1cc(C)ccc1[N+](=O)[O-])OC. The van der Waals surface area contributed by atoms with Gasteiger partial charge >= 0.3 is 0 Å². The Morgan fingerprint density at radius 3 is 2.61 bits per heavy atom. The molecule has 0 atom stereocenters. The minimum atomic E-state index is -0.374. The Morgan fingerprint density at radius 2 is 2.06 bits per heavy atom. The van der Waals surface area contributed by atoms with E-state index in [1.165, 1.54) is 6.07 Å². The molecule has 0 saturated heterocycles. The third-order valence-electron chi connectivity index (χ3n) is 2.58. The Morgan fingerprint density at radius 1 is 1.39 bits per heavy atom. The molecule has 0 aromatic heterocycles. The van der Waals surface area contributed by atoms with Crippen molar-refractivity contribution in [1.82, 2.24) is 5.32 Å². The molecule has 0 saturated carbocycles. The average Bonchev–Trinajstić information content (AvgIpc) is 2.34. The maximum Gasteiger partial charge on any atom is 0.273 e. The van der Waals surface area contributed by atoms with E-state index in [0.29, 0.717) is 18.7 Å². The van der Waals surface area contributed by atoms with Gasteiger partial charge in [-0.15, -0.1) is 0 Å². The average molecular weight is 254 g/mol. The quantitative estimate of drug-likeness (QED) is 0.454. The van der Waals surface area contributed by atoms with E-state index in [9.17, 15) is 10.1 Å². The molecule has 0 bridgehead atoms. The molecule has 0 unspecified atom stereocenters. The van der Waals surface area contributed by atoms with E-state index in [4.69, 9.17) is 9.47 Å². The van der Waals surface area contributed by atoms with E-state index in [1.54, 1.807) is 26.4 Å². The lowest BCUT2D eigenvalue weighted by Crippen LogP contribution is -2.29. The lowest BCUT2D eigenvalue weighted by molar-refractivity contribution is -0.385. The molecule has 1 N–H and O–H groups in total. The summed E-state index contributed by atoms with van der Waals surface area (Å²) in [6.45, 7) is 2.78. The zero-order valence-electron chi connectivity index (χ0n) is 10.8. The predicted octanol–water partition coefficient (Wildman–Crippen LogP) is 1.61. The Hall–Kier alpha value is -1.50. The molecule has 100 valence electrons. The number of nitrogens with one attached hydrogen (secondary N) is 1. The number of methoxy groups -OCH3 is 2. The Balaban J connectivity index is 2.66. The third-order valence-corrected chi connectivity index (χ3v) is 2.58. The standard InChI is InChI=1S/C12H18N2O4/c1-9-4-5-11(14(15)16)10(6-9)7-13-8-12(17-2)18-3/h4-6,12-13H,7-8H2,1-3H3. The van der Waals surface area contributed by atoms with Crippen molar-refractivity contribution in [2.45, 2.75) is 19.8 Å². The van der Waals surface area contributed by atoms with Crippen molar-refractivity contribution in [3.05, 3.63) is 39.4 Å². The van der Waals surface area contributed by atoms with E-state index >= 15 is 0 Å². The first-order valence-electron chi connectivity index (χ1n) is 5.58. The van der Waals surface area contributed by atoms with E-state index < -0.39 is 0 Å². The van der Waals surface area contributed by atoms with Crippen molar-refractivity contribution in [2.24, 2.45) is 0 Å². The number of hydrogen-bond acceptors (Lipinski definition) is 5. The van der Waals surface area contributed by atoms with Gasteiger partial charge in [-0.25, -0.2) is 0 Å². The number of aryl methyl sites for hydroxylation is 1. The van der Waals surface area contributed by atoms with Crippen LogP contribution in [-0.2, 0) is 16.0 Å². The van der Waals surface area contributed by atoms with Gasteiger partial charge in [0.2, 0.25) is 0 Å². The summed E-state index contributed by atoms with van der Waals surface area (Å²) in [7, 11) is 3.09. The van der Waals surface area contributed by atoms with Gasteiger partial charge in [0.1, 0.15) is 0 Å². The third kappa shape index (κ3) is 4.06. The highest BCUT2D eigenvalue weighted by Gasteiger charge is 2.13. The molecule has 0 fully saturated rings. The number of nitrogens with zero attached hydrogens (tertiary/aromatic N) is 1. The molecule has 0 radical (unpaired) electrons. The summed E-state index contributed by atoms with van der Waals surface area (Å²) < 4.78 is 10.0. The second kappa shape index (κ2) is 7.05. The summed E-state index contributed by atoms with van der Waals surface area (Å²) in [6.07, 6.45) is -0.353. The molecule has 0 spiro atoms. The number of benzene rings is 1. The fraction of sp³-hybridized carbons (Fsp3) is 0.500. The van der Waals surface area contributed by atoms with Crippen LogP contribution in [0, 0.1) is 17.0 Å². The van der Waals surface area contributed by atoms with Crippen LogP contribution in [0.4, 0.5) is 5.69 Å². The highest BCUT2D eigenvalue weighted by Crippen LogP contribution is 2.19. The van der Waals surface area contributed by atoms with E-state index in [2.05, 4.69) is 5.32 Å². The van der Waals surface area contributed by atoms with E-state index in [0.717, 1.165) is 5.56 Å². The highest BCUT2D eigenvalue weighted by atomic mass is 16.7.